The summed E-state index contributed by atoms with van der Waals surface area (Å²) in [7, 11) is 0. The van der Waals surface area contributed by atoms with Crippen molar-refractivity contribution in [3.63, 3.8) is 0 Å². The summed E-state index contributed by atoms with van der Waals surface area (Å²) >= 11 is 0. The van der Waals surface area contributed by atoms with Crippen molar-refractivity contribution >= 4 is 5.82 Å². The monoisotopic (exact) mass is 288 g/mol. The molecule has 3 rings (SSSR count). The molecule has 2 aliphatic rings. The fourth-order valence-electron chi connectivity index (χ4n) is 3.68. The molecule has 4 heteroatoms. The highest BCUT2D eigenvalue weighted by molar-refractivity contribution is 5.38. The lowest BCUT2D eigenvalue weighted by Gasteiger charge is -2.43. The van der Waals surface area contributed by atoms with Crippen LogP contribution < -0.4 is 4.90 Å². The maximum Gasteiger partial charge on any atom is 0.128 e. The Kier molecular flexibility index (Phi) is 5.09. The normalized spacial score (nSPS) is 22.6. The van der Waals surface area contributed by atoms with Crippen molar-refractivity contribution in [2.75, 3.05) is 50.7 Å². The van der Waals surface area contributed by atoms with Crippen molar-refractivity contribution in [1.82, 2.24) is 14.8 Å². The van der Waals surface area contributed by atoms with Crippen LogP contribution in [0.2, 0.25) is 0 Å². The van der Waals surface area contributed by atoms with Gasteiger partial charge in [0.05, 0.1) is 0 Å². The zero-order valence-electron chi connectivity index (χ0n) is 13.2. The van der Waals surface area contributed by atoms with Gasteiger partial charge in [0, 0.05) is 38.4 Å². The number of likely N-dealkylation sites (tertiary alicyclic amines) is 1. The molecule has 1 aromatic rings. The second-order valence-electron chi connectivity index (χ2n) is 6.28. The van der Waals surface area contributed by atoms with Gasteiger partial charge in [0.2, 0.25) is 0 Å². The average molecular weight is 288 g/mol. The van der Waals surface area contributed by atoms with Crippen LogP contribution in [0.1, 0.15) is 26.2 Å². The number of piperidine rings is 1. The van der Waals surface area contributed by atoms with Crippen molar-refractivity contribution in [2.45, 2.75) is 32.2 Å². The van der Waals surface area contributed by atoms with Crippen molar-refractivity contribution in [1.29, 1.82) is 0 Å². The minimum atomic E-state index is 0.809. The minimum absolute atomic E-state index is 0.809. The molecule has 1 aromatic heterocycles. The predicted molar refractivity (Wildman–Crippen MR) is 87.8 cm³/mol. The molecule has 0 spiro atoms. The molecule has 0 amide bonds. The van der Waals surface area contributed by atoms with Crippen LogP contribution in [0.5, 0.6) is 0 Å². The zero-order valence-corrected chi connectivity index (χ0v) is 13.2. The zero-order chi connectivity index (χ0) is 14.5. The van der Waals surface area contributed by atoms with Gasteiger partial charge >= 0.3 is 0 Å². The molecule has 116 valence electrons. The first-order chi connectivity index (χ1) is 10.4. The summed E-state index contributed by atoms with van der Waals surface area (Å²) in [4.78, 5) is 12.2. The third-order valence-corrected chi connectivity index (χ3v) is 4.90. The van der Waals surface area contributed by atoms with Gasteiger partial charge in [0.15, 0.2) is 0 Å². The van der Waals surface area contributed by atoms with Gasteiger partial charge in [0.25, 0.3) is 0 Å². The van der Waals surface area contributed by atoms with Crippen molar-refractivity contribution in [3.8, 4) is 0 Å². The number of hydrogen-bond acceptors (Lipinski definition) is 4. The van der Waals surface area contributed by atoms with E-state index in [1.807, 2.05) is 12.3 Å². The molecular weight excluding hydrogens is 260 g/mol. The van der Waals surface area contributed by atoms with Gasteiger partial charge in [-0.25, -0.2) is 4.98 Å². The molecule has 0 unspecified atom stereocenters. The molecule has 4 nitrogen and oxygen atoms in total. The Hall–Kier alpha value is -1.13. The van der Waals surface area contributed by atoms with E-state index in [9.17, 15) is 0 Å². The van der Waals surface area contributed by atoms with Crippen LogP contribution >= 0.6 is 0 Å². The summed E-state index contributed by atoms with van der Waals surface area (Å²) in [6.45, 7) is 10.8. The Morgan fingerprint density at radius 2 is 1.81 bits per heavy atom. The summed E-state index contributed by atoms with van der Waals surface area (Å²) in [6, 6.07) is 7.00. The van der Waals surface area contributed by atoms with Gasteiger partial charge in [-0.3, -0.25) is 4.90 Å². The lowest BCUT2D eigenvalue weighted by Crippen LogP contribution is -2.53. The Labute approximate surface area is 128 Å². The number of pyridine rings is 1. The minimum Gasteiger partial charge on any atom is -0.354 e. The molecule has 0 aromatic carbocycles. The Bertz CT molecular complexity index is 406. The van der Waals surface area contributed by atoms with Crippen LogP contribution in [0.3, 0.4) is 0 Å². The smallest absolute Gasteiger partial charge is 0.128 e. The second-order valence-corrected chi connectivity index (χ2v) is 6.28. The van der Waals surface area contributed by atoms with E-state index in [1.54, 1.807) is 0 Å². The topological polar surface area (TPSA) is 22.6 Å². The largest absolute Gasteiger partial charge is 0.354 e. The van der Waals surface area contributed by atoms with Gasteiger partial charge in [-0.1, -0.05) is 13.0 Å². The quantitative estimate of drug-likeness (QED) is 0.846. The van der Waals surface area contributed by atoms with Gasteiger partial charge < -0.3 is 9.80 Å². The number of anilines is 1. The Morgan fingerprint density at radius 1 is 1.05 bits per heavy atom. The van der Waals surface area contributed by atoms with Gasteiger partial charge in [0.1, 0.15) is 5.82 Å². The van der Waals surface area contributed by atoms with E-state index in [0.717, 1.165) is 24.9 Å². The molecule has 2 fully saturated rings. The molecule has 0 bridgehead atoms. The van der Waals surface area contributed by atoms with E-state index in [1.165, 1.54) is 52.0 Å². The lowest BCUT2D eigenvalue weighted by atomic mass is 10.0. The standard InChI is InChI=1S/C17H28N4/c1-2-9-19-10-6-16(7-11-19)20-12-14-21(15-13-20)17-5-3-4-8-18-17/h3-5,8,16H,2,6-7,9-15H2,1H3. The number of aromatic nitrogens is 1. The van der Waals surface area contributed by atoms with E-state index < -0.39 is 0 Å². The average Bonchev–Trinajstić information content (AvgIpc) is 2.57. The lowest BCUT2D eigenvalue weighted by molar-refractivity contribution is 0.103. The van der Waals surface area contributed by atoms with Gasteiger partial charge in [-0.05, 0) is 51.0 Å². The van der Waals surface area contributed by atoms with Crippen molar-refractivity contribution in [2.24, 2.45) is 0 Å². The van der Waals surface area contributed by atoms with E-state index in [2.05, 4.69) is 38.7 Å². The number of hydrogen-bond donors (Lipinski definition) is 0. The molecule has 0 saturated carbocycles. The van der Waals surface area contributed by atoms with Gasteiger partial charge in [-0.15, -0.1) is 0 Å². The first-order valence-electron chi connectivity index (χ1n) is 8.49. The third kappa shape index (κ3) is 3.74. The molecule has 2 saturated heterocycles. The van der Waals surface area contributed by atoms with Crippen LogP contribution in [0.25, 0.3) is 0 Å². The summed E-state index contributed by atoms with van der Waals surface area (Å²) in [5, 5.41) is 0. The number of rotatable bonds is 4. The van der Waals surface area contributed by atoms with Crippen molar-refractivity contribution < 1.29 is 0 Å². The second kappa shape index (κ2) is 7.23. The maximum atomic E-state index is 4.47. The SMILES string of the molecule is CCCN1CCC(N2CCN(c3ccccn3)CC2)CC1. The Morgan fingerprint density at radius 3 is 2.43 bits per heavy atom. The first-order valence-corrected chi connectivity index (χ1v) is 8.49. The van der Waals surface area contributed by atoms with Crippen molar-refractivity contribution in [3.05, 3.63) is 24.4 Å². The number of piperazine rings is 1. The molecule has 21 heavy (non-hydrogen) atoms. The summed E-state index contributed by atoms with van der Waals surface area (Å²) in [5.41, 5.74) is 0. The molecule has 2 aliphatic heterocycles. The Balaban J connectivity index is 1.46. The number of nitrogens with zero attached hydrogens (tertiary/aromatic N) is 4. The third-order valence-electron chi connectivity index (χ3n) is 4.90. The molecule has 0 atom stereocenters. The molecular formula is C17H28N4. The highest BCUT2D eigenvalue weighted by Gasteiger charge is 2.27. The van der Waals surface area contributed by atoms with Crippen LogP contribution in [0.15, 0.2) is 24.4 Å². The van der Waals surface area contributed by atoms with E-state index in [0.29, 0.717) is 0 Å². The van der Waals surface area contributed by atoms with Crippen LogP contribution in [-0.2, 0) is 0 Å². The maximum absolute atomic E-state index is 4.47. The highest BCUT2D eigenvalue weighted by Crippen LogP contribution is 2.20. The van der Waals surface area contributed by atoms with Crippen LogP contribution in [0, 0.1) is 0 Å². The van der Waals surface area contributed by atoms with Gasteiger partial charge in [-0.2, -0.15) is 0 Å². The molecule has 0 N–H and O–H groups in total. The predicted octanol–water partition coefficient (Wildman–Crippen LogP) is 2.08. The van der Waals surface area contributed by atoms with E-state index in [4.69, 9.17) is 0 Å². The first kappa shape index (κ1) is 14.8. The molecule has 3 heterocycles. The molecule has 0 aliphatic carbocycles. The summed E-state index contributed by atoms with van der Waals surface area (Å²) < 4.78 is 0. The van der Waals surface area contributed by atoms with E-state index >= 15 is 0 Å². The van der Waals surface area contributed by atoms with E-state index in [-0.39, 0.29) is 0 Å². The van der Waals surface area contributed by atoms with Crippen LogP contribution in [-0.4, -0.2) is 66.6 Å². The summed E-state index contributed by atoms with van der Waals surface area (Å²) in [6.07, 6.45) is 5.88. The fourth-order valence-corrected chi connectivity index (χ4v) is 3.68. The fraction of sp³-hybridized carbons (Fsp3) is 0.706. The summed E-state index contributed by atoms with van der Waals surface area (Å²) in [5.74, 6) is 1.13. The molecule has 0 radical (unpaired) electrons. The highest BCUT2D eigenvalue weighted by atomic mass is 15.3. The van der Waals surface area contributed by atoms with Crippen LogP contribution in [0.4, 0.5) is 5.82 Å².